The molecule has 0 radical (unpaired) electrons. The van der Waals surface area contributed by atoms with Crippen molar-refractivity contribution in [1.82, 2.24) is 19.8 Å². The zero-order valence-electron chi connectivity index (χ0n) is 16.4. The van der Waals surface area contributed by atoms with Gasteiger partial charge in [-0.15, -0.1) is 15.3 Å². The number of aryl methyl sites for hydroxylation is 1. The van der Waals surface area contributed by atoms with Crippen molar-refractivity contribution >= 4 is 17.0 Å². The molecule has 0 atom stereocenters. The molecule has 2 heterocycles. The number of hydrogen-bond donors (Lipinski definition) is 2. The molecule has 0 aliphatic rings. The van der Waals surface area contributed by atoms with Crippen LogP contribution in [-0.4, -0.2) is 24.9 Å². The zero-order valence-corrected chi connectivity index (χ0v) is 16.4. The minimum Gasteiger partial charge on any atom is -0.506 e. The minimum absolute atomic E-state index is 0.0417. The van der Waals surface area contributed by atoms with Crippen molar-refractivity contribution < 1.29 is 5.11 Å². The molecule has 0 spiro atoms. The van der Waals surface area contributed by atoms with Crippen molar-refractivity contribution in [2.45, 2.75) is 59.3 Å². The van der Waals surface area contributed by atoms with Crippen LogP contribution in [0.25, 0.3) is 5.65 Å². The second kappa shape index (κ2) is 5.93. The highest BCUT2D eigenvalue weighted by Gasteiger charge is 2.25. The number of aromatic amines is 1. The first-order chi connectivity index (χ1) is 12.0. The molecule has 0 unspecified atom stereocenters. The number of phenols is 1. The quantitative estimate of drug-likeness (QED) is 0.629. The van der Waals surface area contributed by atoms with Crippen LogP contribution < -0.4 is 0 Å². The summed E-state index contributed by atoms with van der Waals surface area (Å²) in [7, 11) is 0. The van der Waals surface area contributed by atoms with E-state index in [-0.39, 0.29) is 16.6 Å². The van der Waals surface area contributed by atoms with Crippen molar-refractivity contribution in [3.63, 3.8) is 0 Å². The number of H-pyrrole nitrogens is 1. The smallest absolute Gasteiger partial charge is 0.203 e. The molecular formula is C19H26N6O. The van der Waals surface area contributed by atoms with Gasteiger partial charge in [0, 0.05) is 5.41 Å². The summed E-state index contributed by atoms with van der Waals surface area (Å²) in [5.74, 6) is 0.758. The summed E-state index contributed by atoms with van der Waals surface area (Å²) in [4.78, 5) is 4.44. The van der Waals surface area contributed by atoms with Crippen LogP contribution in [0.1, 0.15) is 58.6 Å². The topological polar surface area (TPSA) is 90.9 Å². The van der Waals surface area contributed by atoms with Gasteiger partial charge in [-0.3, -0.25) is 5.10 Å². The fraction of sp³-hybridized carbons (Fsp3) is 0.474. The molecule has 7 nitrogen and oxygen atoms in total. The lowest BCUT2D eigenvalue weighted by atomic mass is 9.87. The van der Waals surface area contributed by atoms with E-state index in [2.05, 4.69) is 67.0 Å². The highest BCUT2D eigenvalue weighted by Crippen LogP contribution is 2.37. The fourth-order valence-electron chi connectivity index (χ4n) is 2.71. The maximum absolute atomic E-state index is 10.2. The normalized spacial score (nSPS) is 13.2. The molecule has 0 aliphatic carbocycles. The van der Waals surface area contributed by atoms with Crippen LogP contribution >= 0.6 is 0 Å². The van der Waals surface area contributed by atoms with Crippen molar-refractivity contribution in [3.05, 3.63) is 35.3 Å². The monoisotopic (exact) mass is 354 g/mol. The average Bonchev–Trinajstić information content (AvgIpc) is 3.01. The highest BCUT2D eigenvalue weighted by molar-refractivity contribution is 5.68. The van der Waals surface area contributed by atoms with E-state index >= 15 is 0 Å². The lowest BCUT2D eigenvalue weighted by Gasteiger charge is -2.19. The molecule has 3 aromatic rings. The Bertz CT molecular complexity index is 982. The van der Waals surface area contributed by atoms with Gasteiger partial charge in [-0.2, -0.15) is 4.63 Å². The Morgan fingerprint density at radius 3 is 2.35 bits per heavy atom. The van der Waals surface area contributed by atoms with E-state index in [0.717, 1.165) is 11.3 Å². The maximum Gasteiger partial charge on any atom is 0.203 e. The zero-order chi connectivity index (χ0) is 19.3. The van der Waals surface area contributed by atoms with Gasteiger partial charge in [-0.25, -0.2) is 4.98 Å². The number of benzene rings is 1. The molecule has 0 saturated carbocycles. The molecule has 2 aromatic heterocycles. The molecule has 0 aliphatic heterocycles. The molecule has 0 fully saturated rings. The molecule has 3 rings (SSSR count). The van der Waals surface area contributed by atoms with Crippen LogP contribution in [0.2, 0.25) is 0 Å². The summed E-state index contributed by atoms with van der Waals surface area (Å²) >= 11 is 0. The summed E-state index contributed by atoms with van der Waals surface area (Å²) in [6, 6.07) is 5.44. The molecule has 7 heteroatoms. The first-order valence-electron chi connectivity index (χ1n) is 8.68. The summed E-state index contributed by atoms with van der Waals surface area (Å²) in [5, 5.41) is 26.5. The van der Waals surface area contributed by atoms with Crippen LogP contribution in [0.4, 0.5) is 11.4 Å². The Balaban J connectivity index is 2.11. The lowest BCUT2D eigenvalue weighted by Crippen LogP contribution is -2.12. The Labute approximate surface area is 153 Å². The average molecular weight is 354 g/mol. The standard InChI is InChI=1S/C19H26N6O/c1-11-20-17-15(16(19(5,6)7)24-25(17)23-11)22-21-13-10-12(18(2,3)4)8-9-14(13)26/h8-10,24,26H,1-7H3. The third-order valence-electron chi connectivity index (χ3n) is 4.23. The number of fused-ring (bicyclic) bond motifs is 1. The van der Waals surface area contributed by atoms with Crippen molar-refractivity contribution in [2.75, 3.05) is 0 Å². The summed E-state index contributed by atoms with van der Waals surface area (Å²) < 4.78 is 1.62. The van der Waals surface area contributed by atoms with Crippen LogP contribution in [0.15, 0.2) is 28.4 Å². The molecule has 2 N–H and O–H groups in total. The number of hydrogen-bond acceptors (Lipinski definition) is 5. The Hall–Kier alpha value is -2.70. The summed E-state index contributed by atoms with van der Waals surface area (Å²) in [5.41, 5.74) is 3.45. The molecule has 1 aromatic carbocycles. The third-order valence-corrected chi connectivity index (χ3v) is 4.23. The summed E-state index contributed by atoms with van der Waals surface area (Å²) in [6.07, 6.45) is 0. The SMILES string of the molecule is Cc1nc2c(N=Nc3cc(C(C)(C)C)ccc3O)c(C(C)(C)C)[nH]n2n1. The minimum atomic E-state index is -0.181. The van der Waals surface area contributed by atoms with E-state index in [0.29, 0.717) is 22.8 Å². The van der Waals surface area contributed by atoms with Crippen LogP contribution in [0.5, 0.6) is 5.75 Å². The second-order valence-corrected chi connectivity index (χ2v) is 8.63. The number of rotatable bonds is 2. The number of nitrogens with one attached hydrogen (secondary N) is 1. The van der Waals surface area contributed by atoms with Gasteiger partial charge < -0.3 is 5.11 Å². The van der Waals surface area contributed by atoms with E-state index in [4.69, 9.17) is 0 Å². The second-order valence-electron chi connectivity index (χ2n) is 8.63. The third kappa shape index (κ3) is 3.34. The Kier molecular flexibility index (Phi) is 4.13. The van der Waals surface area contributed by atoms with Gasteiger partial charge in [0.15, 0.2) is 5.69 Å². The van der Waals surface area contributed by atoms with E-state index in [1.165, 1.54) is 0 Å². The van der Waals surface area contributed by atoms with Crippen LogP contribution in [0.3, 0.4) is 0 Å². The molecule has 26 heavy (non-hydrogen) atoms. The molecule has 0 bridgehead atoms. The first kappa shape index (κ1) is 18.1. The summed E-state index contributed by atoms with van der Waals surface area (Å²) in [6.45, 7) is 14.4. The van der Waals surface area contributed by atoms with Gasteiger partial charge >= 0.3 is 0 Å². The fourth-order valence-corrected chi connectivity index (χ4v) is 2.71. The molecule has 0 amide bonds. The van der Waals surface area contributed by atoms with Crippen molar-refractivity contribution in [2.24, 2.45) is 10.2 Å². The first-order valence-corrected chi connectivity index (χ1v) is 8.68. The molecule has 138 valence electrons. The lowest BCUT2D eigenvalue weighted by molar-refractivity contribution is 0.475. The van der Waals surface area contributed by atoms with E-state index < -0.39 is 0 Å². The number of nitrogens with zero attached hydrogens (tertiary/aromatic N) is 5. The van der Waals surface area contributed by atoms with Gasteiger partial charge in [0.1, 0.15) is 17.3 Å². The van der Waals surface area contributed by atoms with Gasteiger partial charge in [0.2, 0.25) is 5.65 Å². The predicted molar refractivity (Wildman–Crippen MR) is 102 cm³/mol. The van der Waals surface area contributed by atoms with Gasteiger partial charge in [-0.05, 0) is 30.0 Å². The number of azo groups is 1. The van der Waals surface area contributed by atoms with Gasteiger partial charge in [-0.1, -0.05) is 47.6 Å². The number of phenolic OH excluding ortho intramolecular Hbond substituents is 1. The Morgan fingerprint density at radius 2 is 1.73 bits per heavy atom. The predicted octanol–water partition coefficient (Wildman–Crippen LogP) is 5.08. The molecular weight excluding hydrogens is 328 g/mol. The molecule has 0 saturated heterocycles. The van der Waals surface area contributed by atoms with Gasteiger partial charge in [0.25, 0.3) is 0 Å². The highest BCUT2D eigenvalue weighted by atomic mass is 16.3. The van der Waals surface area contributed by atoms with Crippen molar-refractivity contribution in [1.29, 1.82) is 0 Å². The van der Waals surface area contributed by atoms with Gasteiger partial charge in [0.05, 0.1) is 5.69 Å². The van der Waals surface area contributed by atoms with Crippen LogP contribution in [-0.2, 0) is 10.8 Å². The van der Waals surface area contributed by atoms with Crippen LogP contribution in [0, 0.1) is 6.92 Å². The Morgan fingerprint density at radius 1 is 1.04 bits per heavy atom. The van der Waals surface area contributed by atoms with E-state index in [1.54, 1.807) is 10.7 Å². The van der Waals surface area contributed by atoms with E-state index in [1.807, 2.05) is 19.1 Å². The van der Waals surface area contributed by atoms with E-state index in [9.17, 15) is 5.11 Å². The number of aromatic nitrogens is 4. The van der Waals surface area contributed by atoms with Crippen molar-refractivity contribution in [3.8, 4) is 5.75 Å². The number of aromatic hydroxyl groups is 1. The largest absolute Gasteiger partial charge is 0.506 e. The maximum atomic E-state index is 10.2.